The van der Waals surface area contributed by atoms with E-state index >= 15 is 0 Å². The molecule has 2 aromatic carbocycles. The zero-order valence-electron chi connectivity index (χ0n) is 17.5. The molecule has 1 aromatic heterocycles. The van der Waals surface area contributed by atoms with Gasteiger partial charge in [-0.1, -0.05) is 42.8 Å². The Morgan fingerprint density at radius 3 is 2.77 bits per heavy atom. The highest BCUT2D eigenvalue weighted by molar-refractivity contribution is 5.90. The highest BCUT2D eigenvalue weighted by Crippen LogP contribution is 2.29. The van der Waals surface area contributed by atoms with Crippen LogP contribution in [0, 0.1) is 5.82 Å². The van der Waals surface area contributed by atoms with Gasteiger partial charge < -0.3 is 10.1 Å². The summed E-state index contributed by atoms with van der Waals surface area (Å²) in [4.78, 5) is 13.7. The molecule has 0 aliphatic carbocycles. The maximum Gasteiger partial charge on any atom is 0.414 e. The fourth-order valence-corrected chi connectivity index (χ4v) is 3.61. The number of cyclic esters (lactones) is 1. The van der Waals surface area contributed by atoms with Crippen LogP contribution in [0.5, 0.6) is 0 Å². The molecule has 1 saturated heterocycles. The van der Waals surface area contributed by atoms with E-state index in [1.165, 1.54) is 17.4 Å². The minimum absolute atomic E-state index is 0.331. The van der Waals surface area contributed by atoms with Gasteiger partial charge in [-0.25, -0.2) is 13.9 Å². The summed E-state index contributed by atoms with van der Waals surface area (Å²) in [6, 6.07) is 12.7. The Hall–Kier alpha value is -3.26. The molecule has 4 rings (SSSR count). The molecule has 3 aromatic rings. The van der Waals surface area contributed by atoms with Gasteiger partial charge in [-0.2, -0.15) is 0 Å². The lowest BCUT2D eigenvalue weighted by molar-refractivity contribution is 0.129. The fourth-order valence-electron chi connectivity index (χ4n) is 3.61. The molecule has 0 bridgehead atoms. The number of unbranched alkanes of at least 4 members (excludes halogenated alkanes) is 1. The van der Waals surface area contributed by atoms with E-state index in [4.69, 9.17) is 4.74 Å². The lowest BCUT2D eigenvalue weighted by atomic mass is 10.0. The third-order valence-electron chi connectivity index (χ3n) is 5.30. The number of nitrogens with zero attached hydrogens (tertiary/aromatic N) is 4. The second-order valence-corrected chi connectivity index (χ2v) is 7.63. The summed E-state index contributed by atoms with van der Waals surface area (Å²) < 4.78 is 21.9. The van der Waals surface area contributed by atoms with E-state index in [-0.39, 0.29) is 11.9 Å². The summed E-state index contributed by atoms with van der Waals surface area (Å²) in [5.74, 6) is -0.376. The molecule has 1 N–H and O–H groups in total. The summed E-state index contributed by atoms with van der Waals surface area (Å²) in [6.07, 6.45) is 4.74. The van der Waals surface area contributed by atoms with E-state index in [9.17, 15) is 9.18 Å². The van der Waals surface area contributed by atoms with E-state index < -0.39 is 6.09 Å². The number of carbonyl (C=O) groups excluding carboxylic acids is 1. The first-order chi connectivity index (χ1) is 15.1. The van der Waals surface area contributed by atoms with Crippen molar-refractivity contribution in [1.82, 2.24) is 20.3 Å². The molecule has 7 nitrogen and oxygen atoms in total. The molecule has 1 aliphatic heterocycles. The van der Waals surface area contributed by atoms with E-state index in [0.29, 0.717) is 24.3 Å². The molecule has 1 fully saturated rings. The van der Waals surface area contributed by atoms with Crippen molar-refractivity contribution in [2.75, 3.05) is 18.0 Å². The smallest absolute Gasteiger partial charge is 0.414 e. The van der Waals surface area contributed by atoms with Crippen molar-refractivity contribution in [3.63, 3.8) is 0 Å². The molecule has 1 amide bonds. The van der Waals surface area contributed by atoms with Gasteiger partial charge in [0.1, 0.15) is 11.9 Å². The Labute approximate surface area is 180 Å². The first kappa shape index (κ1) is 21.0. The van der Waals surface area contributed by atoms with E-state index in [2.05, 4.69) is 22.6 Å². The van der Waals surface area contributed by atoms with Gasteiger partial charge in [0.15, 0.2) is 0 Å². The Bertz CT molecular complexity index is 1010. The molecule has 2 heterocycles. The molecular weight excluding hydrogens is 397 g/mol. The Kier molecular flexibility index (Phi) is 6.57. The number of nitrogens with one attached hydrogen (secondary N) is 1. The van der Waals surface area contributed by atoms with Crippen LogP contribution in [0.2, 0.25) is 0 Å². The summed E-state index contributed by atoms with van der Waals surface area (Å²) >= 11 is 0. The number of hydrogen-bond acceptors (Lipinski definition) is 5. The first-order valence-corrected chi connectivity index (χ1v) is 10.6. The van der Waals surface area contributed by atoms with Crippen LogP contribution in [0.25, 0.3) is 11.1 Å². The maximum atomic E-state index is 14.9. The van der Waals surface area contributed by atoms with Crippen LogP contribution in [-0.2, 0) is 17.8 Å². The second-order valence-electron chi connectivity index (χ2n) is 7.63. The van der Waals surface area contributed by atoms with Crippen molar-refractivity contribution in [2.45, 2.75) is 39.0 Å². The van der Waals surface area contributed by atoms with Crippen molar-refractivity contribution in [2.24, 2.45) is 0 Å². The van der Waals surface area contributed by atoms with E-state index in [1.807, 2.05) is 24.3 Å². The number of halogens is 1. The molecule has 0 spiro atoms. The van der Waals surface area contributed by atoms with Gasteiger partial charge in [0.2, 0.25) is 0 Å². The van der Waals surface area contributed by atoms with E-state index in [1.54, 1.807) is 29.2 Å². The minimum atomic E-state index is -0.489. The third kappa shape index (κ3) is 5.08. The van der Waals surface area contributed by atoms with Crippen LogP contribution in [-0.4, -0.2) is 40.3 Å². The molecule has 162 valence electrons. The molecule has 31 heavy (non-hydrogen) atoms. The number of benzene rings is 2. The van der Waals surface area contributed by atoms with Gasteiger partial charge in [0.05, 0.1) is 25.0 Å². The van der Waals surface area contributed by atoms with Crippen LogP contribution >= 0.6 is 0 Å². The summed E-state index contributed by atoms with van der Waals surface area (Å²) in [5, 5.41) is 11.0. The van der Waals surface area contributed by atoms with Crippen LogP contribution in [0.3, 0.4) is 0 Å². The lowest BCUT2D eigenvalue weighted by Gasteiger charge is -2.14. The molecule has 1 atom stereocenters. The van der Waals surface area contributed by atoms with Gasteiger partial charge in [-0.3, -0.25) is 4.90 Å². The van der Waals surface area contributed by atoms with Crippen LogP contribution in [0.4, 0.5) is 14.9 Å². The van der Waals surface area contributed by atoms with E-state index in [0.717, 1.165) is 30.6 Å². The second kappa shape index (κ2) is 9.70. The van der Waals surface area contributed by atoms with Crippen molar-refractivity contribution in [1.29, 1.82) is 0 Å². The number of amides is 1. The molecule has 8 heteroatoms. The average molecular weight is 423 g/mol. The van der Waals surface area contributed by atoms with Gasteiger partial charge in [-0.05, 0) is 42.3 Å². The van der Waals surface area contributed by atoms with Crippen molar-refractivity contribution in [3.8, 4) is 11.1 Å². The molecule has 1 aliphatic rings. The highest BCUT2D eigenvalue weighted by Gasteiger charge is 2.33. The number of aromatic nitrogens is 3. The van der Waals surface area contributed by atoms with Crippen LogP contribution < -0.4 is 10.2 Å². The molecular formula is C23H26FN5O2. The zero-order valence-corrected chi connectivity index (χ0v) is 17.5. The standard InChI is InChI=1S/C23H26FN5O2/c1-2-3-10-25-14-17-4-6-18(7-5-17)21-9-8-19(13-22(21)24)29-16-20(31-23(29)30)15-28-12-11-26-27-28/h4-9,11-13,20,25H,2-3,10,14-16H2,1H3/t20-/m0/s1. The minimum Gasteiger partial charge on any atom is -0.442 e. The maximum absolute atomic E-state index is 14.9. The number of hydrogen-bond donors (Lipinski definition) is 1. The predicted molar refractivity (Wildman–Crippen MR) is 116 cm³/mol. The Balaban J connectivity index is 1.41. The number of ether oxygens (including phenoxy) is 1. The SMILES string of the molecule is CCCCNCc1ccc(-c2ccc(N3C[C@H](Cn4ccnn4)OC3=O)cc2F)cc1. The third-order valence-corrected chi connectivity index (χ3v) is 5.30. The van der Waals surface area contributed by atoms with Crippen molar-refractivity contribution < 1.29 is 13.9 Å². The predicted octanol–water partition coefficient (Wildman–Crippen LogP) is 4.00. The fraction of sp³-hybridized carbons (Fsp3) is 0.348. The number of carbonyl (C=O) groups is 1. The number of rotatable bonds is 9. The zero-order chi connectivity index (χ0) is 21.6. The Morgan fingerprint density at radius 2 is 2.06 bits per heavy atom. The Morgan fingerprint density at radius 1 is 1.23 bits per heavy atom. The summed E-state index contributed by atoms with van der Waals surface area (Å²) in [5.41, 5.74) is 2.94. The normalized spacial score (nSPS) is 16.0. The highest BCUT2D eigenvalue weighted by atomic mass is 19.1. The topological polar surface area (TPSA) is 72.3 Å². The lowest BCUT2D eigenvalue weighted by Crippen LogP contribution is -2.26. The average Bonchev–Trinajstić information content (AvgIpc) is 3.41. The van der Waals surface area contributed by atoms with Gasteiger partial charge in [-0.15, -0.1) is 5.10 Å². The van der Waals surface area contributed by atoms with Gasteiger partial charge in [0, 0.05) is 18.3 Å². The quantitative estimate of drug-likeness (QED) is 0.527. The largest absolute Gasteiger partial charge is 0.442 e. The first-order valence-electron chi connectivity index (χ1n) is 10.6. The van der Waals surface area contributed by atoms with Gasteiger partial charge >= 0.3 is 6.09 Å². The van der Waals surface area contributed by atoms with Crippen molar-refractivity contribution >= 4 is 11.8 Å². The summed E-state index contributed by atoms with van der Waals surface area (Å²) in [7, 11) is 0. The monoisotopic (exact) mass is 423 g/mol. The van der Waals surface area contributed by atoms with Crippen LogP contribution in [0.1, 0.15) is 25.3 Å². The van der Waals surface area contributed by atoms with Gasteiger partial charge in [0.25, 0.3) is 0 Å². The van der Waals surface area contributed by atoms with Crippen LogP contribution in [0.15, 0.2) is 54.9 Å². The molecule has 0 radical (unpaired) electrons. The summed E-state index contributed by atoms with van der Waals surface area (Å²) in [6.45, 7) is 4.70. The molecule has 0 unspecified atom stereocenters. The molecule has 0 saturated carbocycles. The number of anilines is 1. The van der Waals surface area contributed by atoms with Crippen molar-refractivity contribution in [3.05, 3.63) is 66.2 Å².